The second-order valence-electron chi connectivity index (χ2n) is 6.01. The van der Waals surface area contributed by atoms with E-state index < -0.39 is 0 Å². The monoisotopic (exact) mass is 347 g/mol. The molecule has 1 fully saturated rings. The molecule has 0 bridgehead atoms. The molecule has 2 atom stereocenters. The molecule has 0 radical (unpaired) electrons. The molecule has 1 aliphatic carbocycles. The Morgan fingerprint density at radius 2 is 2.05 bits per heavy atom. The zero-order valence-corrected chi connectivity index (χ0v) is 13.8. The van der Waals surface area contributed by atoms with Gasteiger partial charge in [0.2, 0.25) is 0 Å². The molecule has 2 aromatic rings. The first-order valence-electron chi connectivity index (χ1n) is 7.33. The van der Waals surface area contributed by atoms with Gasteiger partial charge in [-0.15, -0.1) is 11.3 Å². The molecule has 4 rings (SSSR count). The molecule has 0 saturated carbocycles. The van der Waals surface area contributed by atoms with Crippen molar-refractivity contribution in [2.24, 2.45) is 5.92 Å². The van der Waals surface area contributed by atoms with E-state index in [1.807, 2.05) is 11.3 Å². The summed E-state index contributed by atoms with van der Waals surface area (Å²) in [4.78, 5) is 4.30. The second kappa shape index (κ2) is 5.28. The van der Waals surface area contributed by atoms with Crippen molar-refractivity contribution in [3.63, 3.8) is 0 Å². The van der Waals surface area contributed by atoms with Crippen molar-refractivity contribution in [3.8, 4) is 0 Å². The van der Waals surface area contributed by atoms with E-state index in [4.69, 9.17) is 0 Å². The highest BCUT2D eigenvalue weighted by atomic mass is 79.9. The van der Waals surface area contributed by atoms with Crippen LogP contribution in [0.15, 0.2) is 40.2 Å². The van der Waals surface area contributed by atoms with E-state index in [0.717, 1.165) is 18.4 Å². The molecule has 1 nitrogen and oxygen atoms in total. The van der Waals surface area contributed by atoms with Gasteiger partial charge >= 0.3 is 0 Å². The van der Waals surface area contributed by atoms with Crippen molar-refractivity contribution in [3.05, 3.63) is 56.2 Å². The Bertz CT molecular complexity index is 607. The quantitative estimate of drug-likeness (QED) is 0.762. The normalized spacial score (nSPS) is 25.4. The molecule has 1 saturated heterocycles. The van der Waals surface area contributed by atoms with Crippen molar-refractivity contribution >= 4 is 27.3 Å². The maximum atomic E-state index is 3.71. The zero-order valence-electron chi connectivity index (χ0n) is 11.4. The van der Waals surface area contributed by atoms with Crippen molar-refractivity contribution in [1.82, 2.24) is 4.90 Å². The lowest BCUT2D eigenvalue weighted by atomic mass is 9.82. The summed E-state index contributed by atoms with van der Waals surface area (Å²) < 4.78 is 1.34. The van der Waals surface area contributed by atoms with Crippen molar-refractivity contribution in [1.29, 1.82) is 0 Å². The summed E-state index contributed by atoms with van der Waals surface area (Å²) >= 11 is 5.68. The van der Waals surface area contributed by atoms with E-state index >= 15 is 0 Å². The van der Waals surface area contributed by atoms with E-state index in [1.165, 1.54) is 36.0 Å². The highest BCUT2D eigenvalue weighted by Crippen LogP contribution is 2.46. The smallest absolute Gasteiger partial charge is 0.0317 e. The molecule has 0 amide bonds. The molecule has 1 aromatic carbocycles. The molecule has 104 valence electrons. The molecule has 0 spiro atoms. The molecule has 2 aliphatic rings. The van der Waals surface area contributed by atoms with Gasteiger partial charge in [0.25, 0.3) is 0 Å². The Hall–Kier alpha value is -0.640. The van der Waals surface area contributed by atoms with Crippen molar-refractivity contribution in [2.45, 2.75) is 25.3 Å². The van der Waals surface area contributed by atoms with Crippen molar-refractivity contribution < 1.29 is 0 Å². The fraction of sp³-hybridized carbons (Fsp3) is 0.412. The first-order chi connectivity index (χ1) is 9.81. The van der Waals surface area contributed by atoms with Crippen LogP contribution in [-0.4, -0.2) is 18.0 Å². The number of fused-ring (bicyclic) bond motifs is 3. The standard InChI is InChI=1S/C17H18BrNS/c18-16-11-20-17-14(16)7-6-13-9-19(10-15(13)17)8-12-4-2-1-3-5-12/h1-5,11,13,15H,6-10H2. The van der Waals surface area contributed by atoms with Gasteiger partial charge in [0.1, 0.15) is 0 Å². The van der Waals surface area contributed by atoms with Crippen LogP contribution >= 0.6 is 27.3 Å². The molecule has 1 aromatic heterocycles. The van der Waals surface area contributed by atoms with Crippen LogP contribution in [0, 0.1) is 5.92 Å². The number of hydrogen-bond donors (Lipinski definition) is 0. The maximum Gasteiger partial charge on any atom is 0.0317 e. The summed E-state index contributed by atoms with van der Waals surface area (Å²) in [5, 5.41) is 2.28. The fourth-order valence-corrected chi connectivity index (χ4v) is 5.77. The third-order valence-electron chi connectivity index (χ3n) is 4.74. The van der Waals surface area contributed by atoms with E-state index in [-0.39, 0.29) is 0 Å². The number of halogens is 1. The SMILES string of the molecule is Brc1csc2c1CCC1CN(Cc3ccccc3)CC21. The van der Waals surface area contributed by atoms with Crippen LogP contribution in [0.25, 0.3) is 0 Å². The number of likely N-dealkylation sites (tertiary alicyclic amines) is 1. The molecule has 3 heteroatoms. The van der Waals surface area contributed by atoms with Crippen LogP contribution in [0.5, 0.6) is 0 Å². The van der Waals surface area contributed by atoms with Gasteiger partial charge in [0.15, 0.2) is 0 Å². The van der Waals surface area contributed by atoms with E-state index in [0.29, 0.717) is 0 Å². The third kappa shape index (κ3) is 2.26. The highest BCUT2D eigenvalue weighted by Gasteiger charge is 2.38. The van der Waals surface area contributed by atoms with Crippen LogP contribution < -0.4 is 0 Å². The van der Waals surface area contributed by atoms with Crippen LogP contribution in [-0.2, 0) is 13.0 Å². The van der Waals surface area contributed by atoms with E-state index in [2.05, 4.69) is 56.5 Å². The fourth-order valence-electron chi connectivity index (χ4n) is 3.78. The third-order valence-corrected chi connectivity index (χ3v) is 6.91. The van der Waals surface area contributed by atoms with Crippen LogP contribution in [0.3, 0.4) is 0 Å². The average Bonchev–Trinajstić information content (AvgIpc) is 3.03. The Balaban J connectivity index is 1.53. The predicted molar refractivity (Wildman–Crippen MR) is 88.3 cm³/mol. The Labute approximate surface area is 132 Å². The molecule has 2 unspecified atom stereocenters. The summed E-state index contributed by atoms with van der Waals surface area (Å²) in [6.07, 6.45) is 2.62. The van der Waals surface area contributed by atoms with Gasteiger partial charge in [0.05, 0.1) is 0 Å². The van der Waals surface area contributed by atoms with Gasteiger partial charge in [0, 0.05) is 40.3 Å². The minimum Gasteiger partial charge on any atom is -0.298 e. The number of thiophene rings is 1. The summed E-state index contributed by atoms with van der Waals surface area (Å²) in [7, 11) is 0. The summed E-state index contributed by atoms with van der Waals surface area (Å²) in [5.74, 6) is 1.65. The summed E-state index contributed by atoms with van der Waals surface area (Å²) in [6.45, 7) is 3.61. The van der Waals surface area contributed by atoms with Gasteiger partial charge in [-0.05, 0) is 45.8 Å². The summed E-state index contributed by atoms with van der Waals surface area (Å²) in [5.41, 5.74) is 3.04. The lowest BCUT2D eigenvalue weighted by Gasteiger charge is -2.24. The molecule has 2 heterocycles. The van der Waals surface area contributed by atoms with Crippen molar-refractivity contribution in [2.75, 3.05) is 13.1 Å². The molecular weight excluding hydrogens is 330 g/mol. The Kier molecular flexibility index (Phi) is 3.45. The highest BCUT2D eigenvalue weighted by molar-refractivity contribution is 9.10. The van der Waals surface area contributed by atoms with Crippen LogP contribution in [0.4, 0.5) is 0 Å². The lowest BCUT2D eigenvalue weighted by Crippen LogP contribution is -2.20. The minimum atomic E-state index is 0.777. The first-order valence-corrected chi connectivity index (χ1v) is 9.00. The van der Waals surface area contributed by atoms with Gasteiger partial charge < -0.3 is 0 Å². The number of nitrogens with zero attached hydrogens (tertiary/aromatic N) is 1. The molecule has 0 N–H and O–H groups in total. The summed E-state index contributed by atoms with van der Waals surface area (Å²) in [6, 6.07) is 10.9. The minimum absolute atomic E-state index is 0.777. The Morgan fingerprint density at radius 3 is 2.90 bits per heavy atom. The van der Waals surface area contributed by atoms with Gasteiger partial charge in [-0.2, -0.15) is 0 Å². The predicted octanol–water partition coefficient (Wildman–Crippen LogP) is 4.67. The average molecular weight is 348 g/mol. The Morgan fingerprint density at radius 1 is 1.20 bits per heavy atom. The molecule has 20 heavy (non-hydrogen) atoms. The molecule has 1 aliphatic heterocycles. The number of hydrogen-bond acceptors (Lipinski definition) is 2. The zero-order chi connectivity index (χ0) is 13.5. The van der Waals surface area contributed by atoms with Gasteiger partial charge in [-0.25, -0.2) is 0 Å². The number of benzene rings is 1. The largest absolute Gasteiger partial charge is 0.298 e. The van der Waals surface area contributed by atoms with Crippen LogP contribution in [0.2, 0.25) is 0 Å². The number of rotatable bonds is 2. The van der Waals surface area contributed by atoms with Gasteiger partial charge in [-0.1, -0.05) is 30.3 Å². The van der Waals surface area contributed by atoms with E-state index in [1.54, 1.807) is 10.4 Å². The van der Waals surface area contributed by atoms with Gasteiger partial charge in [-0.3, -0.25) is 4.90 Å². The topological polar surface area (TPSA) is 3.24 Å². The van der Waals surface area contributed by atoms with E-state index in [9.17, 15) is 0 Å². The molecular formula is C17H18BrNS. The first kappa shape index (κ1) is 13.1. The maximum absolute atomic E-state index is 3.71. The van der Waals surface area contributed by atoms with Crippen LogP contribution in [0.1, 0.15) is 28.3 Å². The lowest BCUT2D eigenvalue weighted by molar-refractivity contribution is 0.313. The second-order valence-corrected chi connectivity index (χ2v) is 7.78.